The van der Waals surface area contributed by atoms with Crippen LogP contribution in [0.1, 0.15) is 0 Å². The molecule has 7 heteroatoms. The first kappa shape index (κ1) is 13.2. The topological polar surface area (TPSA) is 27.7 Å². The summed E-state index contributed by atoms with van der Waals surface area (Å²) in [4.78, 5) is 0. The number of hydrogen-bond donors (Lipinski definition) is 0. The molecule has 0 heterocycles. The summed E-state index contributed by atoms with van der Waals surface area (Å²) in [5.41, 5.74) is 0. The van der Waals surface area contributed by atoms with Crippen molar-refractivity contribution in [3.05, 3.63) is 15.7 Å². The molecule has 0 aliphatic heterocycles. The van der Waals surface area contributed by atoms with Crippen LogP contribution in [0.25, 0.3) is 0 Å². The van der Waals surface area contributed by atoms with E-state index < -0.39 is 12.1 Å². The van der Waals surface area contributed by atoms with Gasteiger partial charge in [0, 0.05) is 3.57 Å². The van der Waals surface area contributed by atoms with Crippen LogP contribution in [0.3, 0.4) is 0 Å². The van der Waals surface area contributed by atoms with Crippen molar-refractivity contribution in [1.82, 2.24) is 0 Å². The quantitative estimate of drug-likeness (QED) is 0.786. The molecule has 0 saturated heterocycles. The fraction of sp³-hybridized carbons (Fsp3) is 0.333. The first-order valence-corrected chi connectivity index (χ1v) is 5.12. The largest absolute Gasteiger partial charge is 0.573 e. The van der Waals surface area contributed by atoms with E-state index in [1.807, 2.05) is 22.6 Å². The zero-order valence-electron chi connectivity index (χ0n) is 8.39. The lowest BCUT2D eigenvalue weighted by Crippen LogP contribution is -2.17. The van der Waals surface area contributed by atoms with Gasteiger partial charge in [-0.25, -0.2) is 0 Å². The Kier molecular flexibility index (Phi) is 4.11. The van der Waals surface area contributed by atoms with Gasteiger partial charge < -0.3 is 14.2 Å². The molecule has 0 spiro atoms. The van der Waals surface area contributed by atoms with Crippen LogP contribution in [-0.2, 0) is 0 Å². The first-order chi connectivity index (χ1) is 7.37. The smallest absolute Gasteiger partial charge is 0.493 e. The van der Waals surface area contributed by atoms with E-state index in [2.05, 4.69) is 4.74 Å². The van der Waals surface area contributed by atoms with Crippen molar-refractivity contribution >= 4 is 22.6 Å². The van der Waals surface area contributed by atoms with Gasteiger partial charge in [0.15, 0.2) is 11.5 Å². The number of methoxy groups -OCH3 is 2. The normalized spacial score (nSPS) is 11.1. The molecule has 16 heavy (non-hydrogen) atoms. The molecule has 3 nitrogen and oxygen atoms in total. The number of rotatable bonds is 3. The van der Waals surface area contributed by atoms with Gasteiger partial charge in [0.2, 0.25) is 5.75 Å². The Morgan fingerprint density at radius 2 is 1.62 bits per heavy atom. The number of benzene rings is 1. The van der Waals surface area contributed by atoms with Crippen molar-refractivity contribution in [3.63, 3.8) is 0 Å². The lowest BCUT2D eigenvalue weighted by molar-refractivity contribution is -0.275. The van der Waals surface area contributed by atoms with Gasteiger partial charge in [-0.05, 0) is 34.7 Å². The second-order valence-electron chi connectivity index (χ2n) is 2.69. The summed E-state index contributed by atoms with van der Waals surface area (Å²) in [6.45, 7) is 0. The molecule has 0 aliphatic rings. The Morgan fingerprint density at radius 3 is 2.06 bits per heavy atom. The summed E-state index contributed by atoms with van der Waals surface area (Å²) >= 11 is 1.86. The van der Waals surface area contributed by atoms with Crippen molar-refractivity contribution in [2.24, 2.45) is 0 Å². The predicted molar refractivity (Wildman–Crippen MR) is 58.9 cm³/mol. The van der Waals surface area contributed by atoms with Crippen LogP contribution in [0.5, 0.6) is 17.2 Å². The number of alkyl halides is 3. The number of halogens is 4. The summed E-state index contributed by atoms with van der Waals surface area (Å²) in [5, 5.41) is 0. The average Bonchev–Trinajstić information content (AvgIpc) is 2.14. The maximum Gasteiger partial charge on any atom is 0.573 e. The Morgan fingerprint density at radius 1 is 1.06 bits per heavy atom. The van der Waals surface area contributed by atoms with Gasteiger partial charge in [0.05, 0.1) is 14.2 Å². The summed E-state index contributed by atoms with van der Waals surface area (Å²) in [7, 11) is 2.58. The maximum atomic E-state index is 12.1. The monoisotopic (exact) mass is 348 g/mol. The Labute approximate surface area is 104 Å². The van der Waals surface area contributed by atoms with Crippen molar-refractivity contribution in [2.75, 3.05) is 14.2 Å². The predicted octanol–water partition coefficient (Wildman–Crippen LogP) is 3.21. The van der Waals surface area contributed by atoms with Gasteiger partial charge in [-0.2, -0.15) is 0 Å². The van der Waals surface area contributed by atoms with Gasteiger partial charge in [0.1, 0.15) is 0 Å². The SMILES string of the molecule is COc1cc(I)cc(OC(F)(F)F)c1OC. The van der Waals surface area contributed by atoms with Gasteiger partial charge >= 0.3 is 6.36 Å². The highest BCUT2D eigenvalue weighted by Crippen LogP contribution is 2.40. The molecule has 0 aliphatic carbocycles. The van der Waals surface area contributed by atoms with Gasteiger partial charge in [0.25, 0.3) is 0 Å². The van der Waals surface area contributed by atoms with Crippen LogP contribution in [-0.4, -0.2) is 20.6 Å². The van der Waals surface area contributed by atoms with E-state index in [4.69, 9.17) is 9.47 Å². The molecular formula is C9H8F3IO3. The van der Waals surface area contributed by atoms with E-state index in [0.717, 1.165) is 0 Å². The minimum Gasteiger partial charge on any atom is -0.493 e. The fourth-order valence-corrected chi connectivity index (χ4v) is 1.66. The second-order valence-corrected chi connectivity index (χ2v) is 3.93. The molecule has 90 valence electrons. The second kappa shape index (κ2) is 4.98. The third-order valence-corrected chi connectivity index (χ3v) is 2.26. The molecule has 1 aromatic carbocycles. The van der Waals surface area contributed by atoms with Gasteiger partial charge in [-0.1, -0.05) is 0 Å². The third kappa shape index (κ3) is 3.32. The highest BCUT2D eigenvalue weighted by Gasteiger charge is 2.33. The van der Waals surface area contributed by atoms with Gasteiger partial charge in [-0.15, -0.1) is 13.2 Å². The minimum absolute atomic E-state index is 0.0831. The van der Waals surface area contributed by atoms with Crippen LogP contribution < -0.4 is 14.2 Å². The maximum absolute atomic E-state index is 12.1. The lowest BCUT2D eigenvalue weighted by Gasteiger charge is -2.15. The molecule has 0 aromatic heterocycles. The average molecular weight is 348 g/mol. The first-order valence-electron chi connectivity index (χ1n) is 4.04. The van der Waals surface area contributed by atoms with Crippen LogP contribution in [0.2, 0.25) is 0 Å². The lowest BCUT2D eigenvalue weighted by atomic mass is 10.3. The van der Waals surface area contributed by atoms with Crippen molar-refractivity contribution in [3.8, 4) is 17.2 Å². The van der Waals surface area contributed by atoms with E-state index in [0.29, 0.717) is 3.57 Å². The van der Waals surface area contributed by atoms with Crippen LogP contribution >= 0.6 is 22.6 Å². The van der Waals surface area contributed by atoms with E-state index in [1.165, 1.54) is 20.3 Å². The molecule has 0 atom stereocenters. The third-order valence-electron chi connectivity index (χ3n) is 1.64. The van der Waals surface area contributed by atoms with E-state index in [1.54, 1.807) is 6.07 Å². The Balaban J connectivity index is 3.20. The fourth-order valence-electron chi connectivity index (χ4n) is 1.10. The zero-order valence-corrected chi connectivity index (χ0v) is 10.5. The molecule has 0 N–H and O–H groups in total. The molecular weight excluding hydrogens is 340 g/mol. The van der Waals surface area contributed by atoms with Crippen LogP contribution in [0, 0.1) is 3.57 Å². The van der Waals surface area contributed by atoms with Crippen molar-refractivity contribution in [2.45, 2.75) is 6.36 Å². The summed E-state index contributed by atoms with van der Waals surface area (Å²) in [6, 6.07) is 2.76. The molecule has 1 aromatic rings. The molecule has 0 bridgehead atoms. The van der Waals surface area contributed by atoms with Crippen LogP contribution in [0.4, 0.5) is 13.2 Å². The highest BCUT2D eigenvalue weighted by molar-refractivity contribution is 14.1. The number of ether oxygens (including phenoxy) is 3. The van der Waals surface area contributed by atoms with Crippen LogP contribution in [0.15, 0.2) is 12.1 Å². The molecule has 1 rings (SSSR count). The van der Waals surface area contributed by atoms with Crippen molar-refractivity contribution in [1.29, 1.82) is 0 Å². The Bertz CT molecular complexity index is 379. The van der Waals surface area contributed by atoms with E-state index >= 15 is 0 Å². The van der Waals surface area contributed by atoms with E-state index in [-0.39, 0.29) is 11.5 Å². The molecule has 0 unspecified atom stereocenters. The molecule has 0 fully saturated rings. The highest BCUT2D eigenvalue weighted by atomic mass is 127. The number of hydrogen-bond acceptors (Lipinski definition) is 3. The zero-order chi connectivity index (χ0) is 12.3. The Hall–Kier alpha value is -0.860. The summed E-state index contributed by atoms with van der Waals surface area (Å²) in [5.74, 6) is -0.312. The van der Waals surface area contributed by atoms with Gasteiger partial charge in [-0.3, -0.25) is 0 Å². The minimum atomic E-state index is -4.76. The summed E-state index contributed by atoms with van der Waals surface area (Å²) < 4.78 is 50.4. The molecule has 0 amide bonds. The summed E-state index contributed by atoms with van der Waals surface area (Å²) in [6.07, 6.45) is -4.76. The molecule has 0 radical (unpaired) electrons. The van der Waals surface area contributed by atoms with Crippen molar-refractivity contribution < 1.29 is 27.4 Å². The molecule has 0 saturated carbocycles. The standard InChI is InChI=1S/C9H8F3IO3/c1-14-6-3-5(13)4-7(8(6)15-2)16-9(10,11)12/h3-4H,1-2H3. The van der Waals surface area contributed by atoms with E-state index in [9.17, 15) is 13.2 Å².